The second-order valence-electron chi connectivity index (χ2n) is 18.5. The van der Waals surface area contributed by atoms with Crippen LogP contribution in [0.5, 0.6) is 0 Å². The lowest BCUT2D eigenvalue weighted by Gasteiger charge is -2.23. The maximum Gasteiger partial charge on any atom is 0.222 e. The van der Waals surface area contributed by atoms with E-state index in [2.05, 4.69) is 19.2 Å². The third kappa shape index (κ3) is 44.7. The molecule has 0 aliphatic carbocycles. The molecule has 0 bridgehead atoms. The summed E-state index contributed by atoms with van der Waals surface area (Å²) in [4.78, 5) is 12.5. The van der Waals surface area contributed by atoms with Gasteiger partial charge in [-0.25, -0.2) is 0 Å². The molecule has 0 heterocycles. The summed E-state index contributed by atoms with van der Waals surface area (Å²) < 4.78 is 0. The van der Waals surface area contributed by atoms with Crippen LogP contribution in [-0.4, -0.2) is 46.1 Å². The molecule has 0 rings (SSSR count). The highest BCUT2D eigenvalue weighted by atomic mass is 16.3. The molecule has 0 aliphatic rings. The highest BCUT2D eigenvalue weighted by Crippen LogP contribution is 2.18. The Kier molecular flexibility index (Phi) is 47.5. The van der Waals surface area contributed by atoms with Gasteiger partial charge < -0.3 is 20.6 Å². The zero-order valence-electron chi connectivity index (χ0n) is 39.0. The van der Waals surface area contributed by atoms with E-state index in [1.54, 1.807) is 0 Å². The molecule has 57 heavy (non-hydrogen) atoms. The first-order chi connectivity index (χ1) is 28.0. The molecule has 0 aromatic heterocycles. The third-order valence-corrected chi connectivity index (χ3v) is 12.7. The van der Waals surface area contributed by atoms with Crippen molar-refractivity contribution < 1.29 is 20.1 Å². The SMILES string of the molecule is CCCCCCCCCCCCCCCCCCCCCCCCCCC(O)CC(=O)NC(CO)C(O)CCCCCCCCCCCCCCCCCCCC. The molecule has 342 valence electrons. The molecular formula is C52H105NO4. The van der Waals surface area contributed by atoms with Crippen molar-refractivity contribution in [2.45, 2.75) is 321 Å². The van der Waals surface area contributed by atoms with E-state index >= 15 is 0 Å². The van der Waals surface area contributed by atoms with E-state index in [-0.39, 0.29) is 18.9 Å². The number of amides is 1. The second kappa shape index (κ2) is 48.0. The lowest BCUT2D eigenvalue weighted by atomic mass is 10.0. The van der Waals surface area contributed by atoms with Crippen molar-refractivity contribution in [3.8, 4) is 0 Å². The summed E-state index contributed by atoms with van der Waals surface area (Å²) in [6, 6.07) is -0.653. The van der Waals surface area contributed by atoms with Gasteiger partial charge in [-0.2, -0.15) is 0 Å². The number of rotatable bonds is 49. The number of hydrogen-bond acceptors (Lipinski definition) is 4. The molecule has 0 aliphatic heterocycles. The summed E-state index contributed by atoms with van der Waals surface area (Å²) in [7, 11) is 0. The summed E-state index contributed by atoms with van der Waals surface area (Å²) >= 11 is 0. The van der Waals surface area contributed by atoms with Crippen LogP contribution in [0.3, 0.4) is 0 Å². The summed E-state index contributed by atoms with van der Waals surface area (Å²) in [5.74, 6) is -0.275. The molecular weight excluding hydrogens is 703 g/mol. The zero-order valence-corrected chi connectivity index (χ0v) is 39.0. The predicted molar refractivity (Wildman–Crippen MR) is 250 cm³/mol. The Labute approximate surface area is 357 Å². The summed E-state index contributed by atoms with van der Waals surface area (Å²) in [6.45, 7) is 4.30. The van der Waals surface area contributed by atoms with Gasteiger partial charge in [-0.1, -0.05) is 284 Å². The van der Waals surface area contributed by atoms with E-state index in [1.165, 1.54) is 244 Å². The van der Waals surface area contributed by atoms with Gasteiger partial charge in [0.2, 0.25) is 5.91 Å². The highest BCUT2D eigenvalue weighted by molar-refractivity contribution is 5.76. The quantitative estimate of drug-likeness (QED) is 0.0461. The van der Waals surface area contributed by atoms with E-state index in [1.807, 2.05) is 0 Å². The van der Waals surface area contributed by atoms with E-state index in [4.69, 9.17) is 0 Å². The number of aliphatic hydroxyl groups excluding tert-OH is 3. The predicted octanol–water partition coefficient (Wildman–Crippen LogP) is 15.8. The Morgan fingerprint density at radius 2 is 0.596 bits per heavy atom. The molecule has 4 N–H and O–H groups in total. The van der Waals surface area contributed by atoms with Crippen LogP contribution in [0.15, 0.2) is 0 Å². The first-order valence-corrected chi connectivity index (χ1v) is 26.3. The summed E-state index contributed by atoms with van der Waals surface area (Å²) in [5, 5.41) is 33.6. The van der Waals surface area contributed by atoms with Crippen LogP contribution in [0, 0.1) is 0 Å². The van der Waals surface area contributed by atoms with Gasteiger partial charge in [0, 0.05) is 0 Å². The maximum atomic E-state index is 12.5. The minimum Gasteiger partial charge on any atom is -0.394 e. The molecule has 0 radical (unpaired) electrons. The highest BCUT2D eigenvalue weighted by Gasteiger charge is 2.21. The van der Waals surface area contributed by atoms with Crippen LogP contribution in [0.1, 0.15) is 303 Å². The van der Waals surface area contributed by atoms with Gasteiger partial charge in [-0.3, -0.25) is 4.79 Å². The minimum absolute atomic E-state index is 0.0434. The lowest BCUT2D eigenvalue weighted by Crippen LogP contribution is -2.46. The monoisotopic (exact) mass is 808 g/mol. The van der Waals surface area contributed by atoms with Crippen molar-refractivity contribution in [3.05, 3.63) is 0 Å². The minimum atomic E-state index is -0.744. The van der Waals surface area contributed by atoms with E-state index in [9.17, 15) is 20.1 Å². The molecule has 1 amide bonds. The molecule has 0 aromatic rings. The second-order valence-corrected chi connectivity index (χ2v) is 18.5. The first-order valence-electron chi connectivity index (χ1n) is 26.3. The summed E-state index contributed by atoms with van der Waals surface area (Å²) in [5.41, 5.74) is 0. The van der Waals surface area contributed by atoms with Crippen molar-refractivity contribution in [2.24, 2.45) is 0 Å². The van der Waals surface area contributed by atoms with Gasteiger partial charge in [0.05, 0.1) is 31.3 Å². The average molecular weight is 808 g/mol. The number of aliphatic hydroxyl groups is 3. The van der Waals surface area contributed by atoms with Crippen LogP contribution in [0.25, 0.3) is 0 Å². The van der Waals surface area contributed by atoms with Crippen LogP contribution in [0.2, 0.25) is 0 Å². The number of carbonyl (C=O) groups excluding carboxylic acids is 1. The van der Waals surface area contributed by atoms with Crippen LogP contribution < -0.4 is 5.32 Å². The Balaban J connectivity index is 3.50. The molecule has 0 fully saturated rings. The average Bonchev–Trinajstić information content (AvgIpc) is 3.20. The molecule has 3 unspecified atom stereocenters. The van der Waals surface area contributed by atoms with Gasteiger partial charge in [-0.15, -0.1) is 0 Å². The van der Waals surface area contributed by atoms with Gasteiger partial charge in [0.1, 0.15) is 0 Å². The number of unbranched alkanes of at least 4 members (excludes halogenated alkanes) is 40. The first kappa shape index (κ1) is 56.4. The van der Waals surface area contributed by atoms with Gasteiger partial charge in [0.15, 0.2) is 0 Å². The van der Waals surface area contributed by atoms with Gasteiger partial charge >= 0.3 is 0 Å². The lowest BCUT2D eigenvalue weighted by molar-refractivity contribution is -0.125. The Morgan fingerprint density at radius 1 is 0.368 bits per heavy atom. The van der Waals surface area contributed by atoms with Crippen molar-refractivity contribution >= 4 is 5.91 Å². The fourth-order valence-electron chi connectivity index (χ4n) is 8.64. The number of carbonyl (C=O) groups is 1. The van der Waals surface area contributed by atoms with Crippen molar-refractivity contribution in [3.63, 3.8) is 0 Å². The van der Waals surface area contributed by atoms with Gasteiger partial charge in [-0.05, 0) is 12.8 Å². The largest absolute Gasteiger partial charge is 0.394 e. The van der Waals surface area contributed by atoms with Crippen molar-refractivity contribution in [1.82, 2.24) is 5.32 Å². The molecule has 0 spiro atoms. The van der Waals surface area contributed by atoms with E-state index in [0.29, 0.717) is 12.8 Å². The molecule has 0 aromatic carbocycles. The smallest absolute Gasteiger partial charge is 0.222 e. The fraction of sp³-hybridized carbons (Fsp3) is 0.981. The molecule has 5 heteroatoms. The van der Waals surface area contributed by atoms with Crippen molar-refractivity contribution in [1.29, 1.82) is 0 Å². The summed E-state index contributed by atoms with van der Waals surface area (Å²) in [6.07, 6.45) is 56.7. The Morgan fingerprint density at radius 3 is 0.842 bits per heavy atom. The van der Waals surface area contributed by atoms with Crippen LogP contribution in [-0.2, 0) is 4.79 Å². The van der Waals surface area contributed by atoms with Crippen LogP contribution >= 0.6 is 0 Å². The number of nitrogens with one attached hydrogen (secondary N) is 1. The molecule has 3 atom stereocenters. The zero-order chi connectivity index (χ0) is 41.5. The Hall–Kier alpha value is -0.650. The molecule has 5 nitrogen and oxygen atoms in total. The van der Waals surface area contributed by atoms with Crippen LogP contribution in [0.4, 0.5) is 0 Å². The maximum absolute atomic E-state index is 12.5. The van der Waals surface area contributed by atoms with Crippen molar-refractivity contribution in [2.75, 3.05) is 6.61 Å². The number of hydrogen-bond donors (Lipinski definition) is 4. The Bertz CT molecular complexity index is 762. The van der Waals surface area contributed by atoms with E-state index in [0.717, 1.165) is 25.7 Å². The molecule has 0 saturated heterocycles. The van der Waals surface area contributed by atoms with Gasteiger partial charge in [0.25, 0.3) is 0 Å². The third-order valence-electron chi connectivity index (χ3n) is 12.7. The van der Waals surface area contributed by atoms with E-state index < -0.39 is 18.2 Å². The topological polar surface area (TPSA) is 89.8 Å². The standard InChI is InChI=1S/C52H105NO4/c1-3-5-7-9-11-13-15-17-19-21-23-24-25-26-27-28-29-31-33-35-37-39-41-43-45-49(55)47-52(57)53-50(48-54)51(56)46-44-42-40-38-36-34-32-30-22-20-18-16-14-12-10-8-6-4-2/h49-51,54-56H,3-48H2,1-2H3,(H,53,57). The normalized spacial score (nSPS) is 13.3. The fourth-order valence-corrected chi connectivity index (χ4v) is 8.64. The molecule has 0 saturated carbocycles.